The summed E-state index contributed by atoms with van der Waals surface area (Å²) < 4.78 is 29.1. The van der Waals surface area contributed by atoms with E-state index in [2.05, 4.69) is 11.1 Å². The van der Waals surface area contributed by atoms with Gasteiger partial charge in [-0.25, -0.2) is 8.42 Å². The largest absolute Gasteiger partial charge is 0.498 e. The molecule has 0 radical (unpaired) electrons. The third-order valence-corrected chi connectivity index (χ3v) is 4.62. The third kappa shape index (κ3) is 3.20. The average Bonchev–Trinajstić information content (AvgIpc) is 2.48. The molecule has 0 aromatic carbocycles. The summed E-state index contributed by atoms with van der Waals surface area (Å²) in [7, 11) is -3.36. The van der Waals surface area contributed by atoms with E-state index < -0.39 is 9.84 Å². The van der Waals surface area contributed by atoms with Gasteiger partial charge < -0.3 is 4.74 Å². The van der Waals surface area contributed by atoms with Crippen molar-refractivity contribution in [3.05, 3.63) is 40.9 Å². The van der Waals surface area contributed by atoms with Gasteiger partial charge in [-0.3, -0.25) is 4.98 Å². The van der Waals surface area contributed by atoms with E-state index in [1.807, 2.05) is 13.8 Å². The van der Waals surface area contributed by atoms with E-state index in [4.69, 9.17) is 4.74 Å². The average molecular weight is 318 g/mol. The minimum absolute atomic E-state index is 0.133. The van der Waals surface area contributed by atoms with E-state index in [-0.39, 0.29) is 4.90 Å². The number of hydrogen-bond acceptors (Lipinski definition) is 5. The lowest BCUT2D eigenvalue weighted by Crippen LogP contribution is -2.08. The Morgan fingerprint density at radius 3 is 2.68 bits per heavy atom. The zero-order chi connectivity index (χ0) is 16.3. The first kappa shape index (κ1) is 16.2. The molecule has 0 bridgehead atoms. The van der Waals surface area contributed by atoms with Gasteiger partial charge in [-0.1, -0.05) is 5.57 Å². The first-order valence-corrected chi connectivity index (χ1v) is 8.89. The van der Waals surface area contributed by atoms with E-state index in [1.54, 1.807) is 12.3 Å². The van der Waals surface area contributed by atoms with Gasteiger partial charge in [-0.2, -0.15) is 5.26 Å². The van der Waals surface area contributed by atoms with Crippen LogP contribution in [-0.4, -0.2) is 26.3 Å². The highest BCUT2D eigenvalue weighted by atomic mass is 32.2. The van der Waals surface area contributed by atoms with Crippen LogP contribution in [0.25, 0.3) is 5.57 Å². The van der Waals surface area contributed by atoms with Crippen LogP contribution in [0.2, 0.25) is 0 Å². The smallest absolute Gasteiger partial charge is 0.177 e. The molecule has 1 aliphatic carbocycles. The minimum atomic E-state index is -3.36. The zero-order valence-corrected chi connectivity index (χ0v) is 13.7. The molecule has 0 unspecified atom stereocenters. The van der Waals surface area contributed by atoms with Crippen molar-refractivity contribution in [3.8, 4) is 6.07 Å². The molecule has 6 heteroatoms. The molecule has 0 aliphatic heterocycles. The molecule has 116 valence electrons. The van der Waals surface area contributed by atoms with Crippen LogP contribution in [0.1, 0.15) is 32.3 Å². The minimum Gasteiger partial charge on any atom is -0.498 e. The standard InChI is InChI=1S/C16H18N2O3S/c1-4-21-15-6-5-11(2)14(8-17)16(15)12-7-13(10-18-9-12)22(3,19)20/h7,9-10H,4-6H2,1-3H3. The van der Waals surface area contributed by atoms with Crippen LogP contribution in [0.15, 0.2) is 40.3 Å². The molecule has 0 fully saturated rings. The molecule has 0 saturated heterocycles. The van der Waals surface area contributed by atoms with Gasteiger partial charge in [0.05, 0.1) is 23.1 Å². The maximum absolute atomic E-state index is 11.7. The number of pyridine rings is 1. The fourth-order valence-electron chi connectivity index (χ4n) is 2.44. The second kappa shape index (κ2) is 6.32. The second-order valence-electron chi connectivity index (χ2n) is 5.18. The van der Waals surface area contributed by atoms with Crippen LogP contribution in [0.5, 0.6) is 0 Å². The van der Waals surface area contributed by atoms with Crippen molar-refractivity contribution in [1.29, 1.82) is 5.26 Å². The Bertz CT molecular complexity index is 795. The fraction of sp³-hybridized carbons (Fsp3) is 0.375. The van der Waals surface area contributed by atoms with Gasteiger partial charge in [0, 0.05) is 36.2 Å². The molecule has 1 aromatic rings. The molecule has 1 heterocycles. The van der Waals surface area contributed by atoms with Crippen LogP contribution in [0, 0.1) is 11.3 Å². The summed E-state index contributed by atoms with van der Waals surface area (Å²) >= 11 is 0. The fourth-order valence-corrected chi connectivity index (χ4v) is 3.03. The predicted molar refractivity (Wildman–Crippen MR) is 83.4 cm³/mol. The zero-order valence-electron chi connectivity index (χ0n) is 12.9. The lowest BCUT2D eigenvalue weighted by molar-refractivity contribution is 0.219. The first-order chi connectivity index (χ1) is 10.4. The maximum Gasteiger partial charge on any atom is 0.177 e. The molecule has 1 aromatic heterocycles. The van der Waals surface area contributed by atoms with Crippen LogP contribution < -0.4 is 0 Å². The quantitative estimate of drug-likeness (QED) is 0.852. The second-order valence-corrected chi connectivity index (χ2v) is 7.20. The van der Waals surface area contributed by atoms with E-state index >= 15 is 0 Å². The molecule has 22 heavy (non-hydrogen) atoms. The Labute approximate surface area is 130 Å². The van der Waals surface area contributed by atoms with Crippen molar-refractivity contribution in [2.24, 2.45) is 0 Å². The van der Waals surface area contributed by atoms with Gasteiger partial charge in [-0.05, 0) is 26.3 Å². The summed E-state index contributed by atoms with van der Waals surface area (Å²) in [5.74, 6) is 0.720. The Morgan fingerprint density at radius 2 is 2.09 bits per heavy atom. The van der Waals surface area contributed by atoms with Crippen LogP contribution in [-0.2, 0) is 14.6 Å². The van der Waals surface area contributed by atoms with Crippen molar-refractivity contribution >= 4 is 15.4 Å². The number of nitrogens with zero attached hydrogens (tertiary/aromatic N) is 2. The number of hydrogen-bond donors (Lipinski definition) is 0. The van der Waals surface area contributed by atoms with Crippen LogP contribution >= 0.6 is 0 Å². The van der Waals surface area contributed by atoms with Gasteiger partial charge in [0.25, 0.3) is 0 Å². The molecule has 2 rings (SSSR count). The molecule has 5 nitrogen and oxygen atoms in total. The summed E-state index contributed by atoms with van der Waals surface area (Å²) in [6.45, 7) is 4.29. The Balaban J connectivity index is 2.67. The van der Waals surface area contributed by atoms with E-state index in [0.717, 1.165) is 24.0 Å². The topological polar surface area (TPSA) is 80.0 Å². The number of ether oxygens (including phenoxy) is 1. The van der Waals surface area contributed by atoms with Crippen molar-refractivity contribution in [2.45, 2.75) is 31.6 Å². The summed E-state index contributed by atoms with van der Waals surface area (Å²) in [6.07, 6.45) is 5.48. The summed E-state index contributed by atoms with van der Waals surface area (Å²) in [4.78, 5) is 4.15. The molecule has 1 aliphatic rings. The normalized spacial score (nSPS) is 15.7. The summed E-state index contributed by atoms with van der Waals surface area (Å²) in [5.41, 5.74) is 2.78. The van der Waals surface area contributed by atoms with Gasteiger partial charge in [0.2, 0.25) is 0 Å². The molecular weight excluding hydrogens is 300 g/mol. The predicted octanol–water partition coefficient (Wildman–Crippen LogP) is 2.87. The lowest BCUT2D eigenvalue weighted by Gasteiger charge is -2.22. The number of rotatable bonds is 4. The number of sulfone groups is 1. The van der Waals surface area contributed by atoms with Crippen LogP contribution in [0.3, 0.4) is 0 Å². The highest BCUT2D eigenvalue weighted by Gasteiger charge is 2.23. The highest BCUT2D eigenvalue weighted by molar-refractivity contribution is 7.90. The van der Waals surface area contributed by atoms with Crippen molar-refractivity contribution in [3.63, 3.8) is 0 Å². The maximum atomic E-state index is 11.7. The van der Waals surface area contributed by atoms with Gasteiger partial charge in [0.1, 0.15) is 5.76 Å². The van der Waals surface area contributed by atoms with Crippen molar-refractivity contribution in [1.82, 2.24) is 4.98 Å². The van der Waals surface area contributed by atoms with Crippen LogP contribution in [0.4, 0.5) is 0 Å². The van der Waals surface area contributed by atoms with E-state index in [1.165, 1.54) is 6.20 Å². The summed E-state index contributed by atoms with van der Waals surface area (Å²) in [6, 6.07) is 3.76. The van der Waals surface area contributed by atoms with E-state index in [9.17, 15) is 13.7 Å². The molecule has 0 spiro atoms. The van der Waals surface area contributed by atoms with Gasteiger partial charge in [-0.15, -0.1) is 0 Å². The number of nitriles is 1. The molecule has 0 amide bonds. The Morgan fingerprint density at radius 1 is 1.36 bits per heavy atom. The number of aromatic nitrogens is 1. The molecular formula is C16H18N2O3S. The molecule has 0 atom stereocenters. The van der Waals surface area contributed by atoms with Gasteiger partial charge >= 0.3 is 0 Å². The van der Waals surface area contributed by atoms with Crippen molar-refractivity contribution in [2.75, 3.05) is 12.9 Å². The Hall–Kier alpha value is -2.13. The highest BCUT2D eigenvalue weighted by Crippen LogP contribution is 2.37. The molecule has 0 saturated carbocycles. The Kier molecular flexibility index (Phi) is 4.67. The SMILES string of the molecule is CCOC1=C(c2cncc(S(C)(=O)=O)c2)C(C#N)=C(C)CC1. The van der Waals surface area contributed by atoms with Crippen molar-refractivity contribution < 1.29 is 13.2 Å². The van der Waals surface area contributed by atoms with Gasteiger partial charge in [0.15, 0.2) is 9.84 Å². The lowest BCUT2D eigenvalue weighted by atomic mass is 9.87. The van der Waals surface area contributed by atoms with E-state index in [0.29, 0.717) is 29.7 Å². The number of allylic oxidation sites excluding steroid dienone is 4. The first-order valence-electron chi connectivity index (χ1n) is 7.00. The summed E-state index contributed by atoms with van der Waals surface area (Å²) in [5, 5.41) is 9.47. The third-order valence-electron chi connectivity index (χ3n) is 3.54. The monoisotopic (exact) mass is 318 g/mol. The molecule has 0 N–H and O–H groups in total.